The molecule has 0 aromatic heterocycles. The van der Waals surface area contributed by atoms with Gasteiger partial charge in [0.25, 0.3) is 5.91 Å². The summed E-state index contributed by atoms with van der Waals surface area (Å²) in [5, 5.41) is 9.10. The molecular formula is C15H21FN2O2. The number of amides is 1. The van der Waals surface area contributed by atoms with Crippen LogP contribution in [0.1, 0.15) is 41.6 Å². The molecule has 1 aromatic carbocycles. The van der Waals surface area contributed by atoms with Crippen molar-refractivity contribution in [3.8, 4) is 0 Å². The van der Waals surface area contributed by atoms with Gasteiger partial charge in [0, 0.05) is 24.9 Å². The second-order valence-corrected chi connectivity index (χ2v) is 5.36. The van der Waals surface area contributed by atoms with Gasteiger partial charge in [-0.1, -0.05) is 0 Å². The van der Waals surface area contributed by atoms with E-state index in [1.54, 1.807) is 11.8 Å². The Morgan fingerprint density at radius 3 is 2.95 bits per heavy atom. The lowest BCUT2D eigenvalue weighted by Crippen LogP contribution is -2.44. The Balaban J connectivity index is 2.29. The number of anilines is 1. The normalized spacial score (nSPS) is 19.1. The van der Waals surface area contributed by atoms with E-state index in [4.69, 9.17) is 10.8 Å². The van der Waals surface area contributed by atoms with Gasteiger partial charge in [0.2, 0.25) is 0 Å². The van der Waals surface area contributed by atoms with Crippen LogP contribution >= 0.6 is 0 Å². The van der Waals surface area contributed by atoms with Crippen molar-refractivity contribution in [1.29, 1.82) is 0 Å². The molecule has 0 aliphatic carbocycles. The molecule has 5 heteroatoms. The number of rotatable bonds is 3. The second-order valence-electron chi connectivity index (χ2n) is 5.36. The Morgan fingerprint density at radius 1 is 1.50 bits per heavy atom. The maximum Gasteiger partial charge on any atom is 0.257 e. The summed E-state index contributed by atoms with van der Waals surface area (Å²) in [5.74, 6) is -0.825. The average Bonchev–Trinajstić information content (AvgIpc) is 2.43. The molecule has 0 saturated carbocycles. The molecule has 3 N–H and O–H groups in total. The van der Waals surface area contributed by atoms with Gasteiger partial charge >= 0.3 is 0 Å². The Kier molecular flexibility index (Phi) is 4.60. The van der Waals surface area contributed by atoms with Crippen LogP contribution in [0, 0.1) is 12.7 Å². The van der Waals surface area contributed by atoms with Crippen molar-refractivity contribution in [2.45, 2.75) is 38.6 Å². The number of nitrogens with two attached hydrogens (primary N) is 1. The lowest BCUT2D eigenvalue weighted by atomic mass is 9.98. The summed E-state index contributed by atoms with van der Waals surface area (Å²) in [4.78, 5) is 14.2. The fourth-order valence-corrected chi connectivity index (χ4v) is 2.82. The lowest BCUT2D eigenvalue weighted by Gasteiger charge is -2.35. The number of benzene rings is 1. The van der Waals surface area contributed by atoms with Crippen molar-refractivity contribution in [1.82, 2.24) is 4.90 Å². The highest BCUT2D eigenvalue weighted by atomic mass is 19.1. The van der Waals surface area contributed by atoms with E-state index in [0.717, 1.165) is 19.3 Å². The van der Waals surface area contributed by atoms with Gasteiger partial charge in [0.15, 0.2) is 0 Å². The zero-order valence-corrected chi connectivity index (χ0v) is 11.7. The first-order valence-electron chi connectivity index (χ1n) is 7.02. The number of hydrogen-bond acceptors (Lipinski definition) is 3. The van der Waals surface area contributed by atoms with Crippen LogP contribution in [-0.2, 0) is 0 Å². The van der Waals surface area contributed by atoms with Gasteiger partial charge in [-0.25, -0.2) is 4.39 Å². The predicted octanol–water partition coefficient (Wildman–Crippen LogP) is 2.09. The smallest absolute Gasteiger partial charge is 0.257 e. The molecule has 20 heavy (non-hydrogen) atoms. The summed E-state index contributed by atoms with van der Waals surface area (Å²) in [5.41, 5.74) is 6.52. The number of nitrogens with zero attached hydrogens (tertiary/aromatic N) is 1. The minimum atomic E-state index is -0.502. The number of piperidine rings is 1. The quantitative estimate of drug-likeness (QED) is 0.833. The molecule has 1 fully saturated rings. The molecule has 4 nitrogen and oxygen atoms in total. The molecule has 1 saturated heterocycles. The third kappa shape index (κ3) is 2.93. The monoisotopic (exact) mass is 280 g/mol. The van der Waals surface area contributed by atoms with E-state index < -0.39 is 5.82 Å². The zero-order chi connectivity index (χ0) is 14.7. The van der Waals surface area contributed by atoms with E-state index in [9.17, 15) is 9.18 Å². The summed E-state index contributed by atoms with van der Waals surface area (Å²) in [6.07, 6.45) is 3.34. The first-order chi connectivity index (χ1) is 9.54. The fourth-order valence-electron chi connectivity index (χ4n) is 2.82. The molecule has 1 heterocycles. The van der Waals surface area contributed by atoms with Crippen molar-refractivity contribution < 1.29 is 14.3 Å². The number of aryl methyl sites for hydroxylation is 1. The maximum atomic E-state index is 14.1. The van der Waals surface area contributed by atoms with E-state index in [0.29, 0.717) is 24.2 Å². The van der Waals surface area contributed by atoms with Crippen LogP contribution in [0.2, 0.25) is 0 Å². The van der Waals surface area contributed by atoms with Crippen molar-refractivity contribution in [3.63, 3.8) is 0 Å². The van der Waals surface area contributed by atoms with Gasteiger partial charge in [0.1, 0.15) is 5.82 Å². The molecule has 2 rings (SSSR count). The number of halogens is 1. The van der Waals surface area contributed by atoms with Crippen LogP contribution < -0.4 is 5.73 Å². The molecule has 1 aliphatic rings. The fraction of sp³-hybridized carbons (Fsp3) is 0.533. The van der Waals surface area contributed by atoms with Crippen LogP contribution in [-0.4, -0.2) is 35.1 Å². The third-order valence-corrected chi connectivity index (χ3v) is 3.86. The molecule has 0 spiro atoms. The van der Waals surface area contributed by atoms with E-state index in [1.165, 1.54) is 12.1 Å². The largest absolute Gasteiger partial charge is 0.399 e. The Hall–Kier alpha value is -1.62. The summed E-state index contributed by atoms with van der Waals surface area (Å²) in [7, 11) is 0. The minimum absolute atomic E-state index is 0.0117. The van der Waals surface area contributed by atoms with Crippen molar-refractivity contribution in [2.75, 3.05) is 18.9 Å². The Labute approximate surface area is 118 Å². The average molecular weight is 280 g/mol. The van der Waals surface area contributed by atoms with Crippen molar-refractivity contribution in [2.24, 2.45) is 0 Å². The van der Waals surface area contributed by atoms with Gasteiger partial charge in [-0.15, -0.1) is 0 Å². The van der Waals surface area contributed by atoms with Crippen LogP contribution in [0.5, 0.6) is 0 Å². The van der Waals surface area contributed by atoms with E-state index in [-0.39, 0.29) is 24.1 Å². The number of likely N-dealkylation sites (tertiary alicyclic amines) is 1. The number of hydrogen-bond donors (Lipinski definition) is 2. The van der Waals surface area contributed by atoms with Gasteiger partial charge in [-0.2, -0.15) is 0 Å². The Morgan fingerprint density at radius 2 is 2.25 bits per heavy atom. The van der Waals surface area contributed by atoms with Crippen LogP contribution in [0.25, 0.3) is 0 Å². The first-order valence-corrected chi connectivity index (χ1v) is 7.02. The lowest BCUT2D eigenvalue weighted by molar-refractivity contribution is 0.0570. The highest BCUT2D eigenvalue weighted by molar-refractivity contribution is 5.96. The standard InChI is InChI=1S/C15H21FN2O2/c1-10-8-11(17)9-13(14(10)16)15(20)18-6-3-2-4-12(18)5-7-19/h8-9,12,19H,2-7,17H2,1H3. The van der Waals surface area contributed by atoms with Gasteiger partial charge < -0.3 is 15.7 Å². The van der Waals surface area contributed by atoms with Crippen molar-refractivity contribution in [3.05, 3.63) is 29.1 Å². The molecule has 110 valence electrons. The SMILES string of the molecule is Cc1cc(N)cc(C(=O)N2CCCCC2CCO)c1F. The number of carbonyl (C=O) groups is 1. The van der Waals surface area contributed by atoms with E-state index in [2.05, 4.69) is 0 Å². The molecule has 0 radical (unpaired) electrons. The summed E-state index contributed by atoms with van der Waals surface area (Å²) in [6.45, 7) is 2.24. The zero-order valence-electron chi connectivity index (χ0n) is 11.7. The second kappa shape index (κ2) is 6.22. The molecule has 1 atom stereocenters. The van der Waals surface area contributed by atoms with Gasteiger partial charge in [0.05, 0.1) is 5.56 Å². The minimum Gasteiger partial charge on any atom is -0.399 e. The van der Waals surface area contributed by atoms with E-state index >= 15 is 0 Å². The van der Waals surface area contributed by atoms with Crippen LogP contribution in [0.4, 0.5) is 10.1 Å². The summed E-state index contributed by atoms with van der Waals surface area (Å²) >= 11 is 0. The Bertz CT molecular complexity index is 503. The van der Waals surface area contributed by atoms with Gasteiger partial charge in [-0.05, 0) is 50.3 Å². The summed E-state index contributed by atoms with van der Waals surface area (Å²) in [6, 6.07) is 2.91. The summed E-state index contributed by atoms with van der Waals surface area (Å²) < 4.78 is 14.1. The topological polar surface area (TPSA) is 66.6 Å². The van der Waals surface area contributed by atoms with E-state index in [1.807, 2.05) is 0 Å². The predicted molar refractivity (Wildman–Crippen MR) is 75.9 cm³/mol. The van der Waals surface area contributed by atoms with Crippen LogP contribution in [0.3, 0.4) is 0 Å². The van der Waals surface area contributed by atoms with Crippen molar-refractivity contribution >= 4 is 11.6 Å². The number of aliphatic hydroxyl groups is 1. The highest BCUT2D eigenvalue weighted by Gasteiger charge is 2.29. The number of nitrogen functional groups attached to an aromatic ring is 1. The molecule has 1 aromatic rings. The number of carbonyl (C=O) groups excluding carboxylic acids is 1. The molecule has 1 aliphatic heterocycles. The maximum absolute atomic E-state index is 14.1. The molecule has 1 amide bonds. The molecule has 1 unspecified atom stereocenters. The third-order valence-electron chi connectivity index (χ3n) is 3.86. The number of aliphatic hydroxyl groups excluding tert-OH is 1. The highest BCUT2D eigenvalue weighted by Crippen LogP contribution is 2.25. The molecule has 0 bridgehead atoms. The first kappa shape index (κ1) is 14.8. The van der Waals surface area contributed by atoms with Gasteiger partial charge in [-0.3, -0.25) is 4.79 Å². The molecular weight excluding hydrogens is 259 g/mol. The van der Waals surface area contributed by atoms with Crippen LogP contribution in [0.15, 0.2) is 12.1 Å².